The lowest BCUT2D eigenvalue weighted by Crippen LogP contribution is -2.37. The number of benzene rings is 1. The number of esters is 1. The number of nitrogens with zero attached hydrogens (tertiary/aromatic N) is 2. The van der Waals surface area contributed by atoms with E-state index in [1.807, 2.05) is 19.9 Å². The predicted octanol–water partition coefficient (Wildman–Crippen LogP) is 3.93. The molecule has 0 fully saturated rings. The number of aromatic nitrogens is 2. The SMILES string of the molecule is CCOC(=O)C1=CN(C(=O)c2ccc(F)c(C)c2)CC(C)(C)c2c1[nH]c1nc(N)ccc21. The van der Waals surface area contributed by atoms with E-state index in [2.05, 4.69) is 9.97 Å². The number of amides is 1. The Kier molecular flexibility index (Phi) is 5.24. The third kappa shape index (κ3) is 3.62. The highest BCUT2D eigenvalue weighted by molar-refractivity contribution is 6.18. The number of pyridine rings is 1. The number of hydrogen-bond acceptors (Lipinski definition) is 5. The fourth-order valence-corrected chi connectivity index (χ4v) is 4.20. The number of aryl methyl sites for hydroxylation is 1. The molecule has 0 bridgehead atoms. The minimum Gasteiger partial charge on any atom is -0.462 e. The van der Waals surface area contributed by atoms with Gasteiger partial charge in [0.1, 0.15) is 17.3 Å². The fourth-order valence-electron chi connectivity index (χ4n) is 4.20. The van der Waals surface area contributed by atoms with E-state index in [4.69, 9.17) is 10.5 Å². The summed E-state index contributed by atoms with van der Waals surface area (Å²) >= 11 is 0. The minimum absolute atomic E-state index is 0.186. The van der Waals surface area contributed by atoms with Crippen LogP contribution in [-0.2, 0) is 14.9 Å². The quantitative estimate of drug-likeness (QED) is 0.606. The number of ether oxygens (including phenoxy) is 1. The van der Waals surface area contributed by atoms with Gasteiger partial charge in [0.05, 0.1) is 17.9 Å². The van der Waals surface area contributed by atoms with Crippen LogP contribution in [0.1, 0.15) is 48.0 Å². The molecule has 7 nitrogen and oxygen atoms in total. The number of hydrogen-bond donors (Lipinski definition) is 2. The lowest BCUT2D eigenvalue weighted by molar-refractivity contribution is -0.136. The summed E-state index contributed by atoms with van der Waals surface area (Å²) in [4.78, 5) is 35.4. The number of nitrogens with one attached hydrogen (secondary N) is 1. The number of halogens is 1. The van der Waals surface area contributed by atoms with Gasteiger partial charge in [0.15, 0.2) is 0 Å². The van der Waals surface area contributed by atoms with Gasteiger partial charge in [0, 0.05) is 29.1 Å². The van der Waals surface area contributed by atoms with Gasteiger partial charge >= 0.3 is 5.97 Å². The van der Waals surface area contributed by atoms with Crippen LogP contribution in [0, 0.1) is 12.7 Å². The number of nitrogens with two attached hydrogens (primary N) is 1. The zero-order chi connectivity index (χ0) is 23.2. The summed E-state index contributed by atoms with van der Waals surface area (Å²) in [6, 6.07) is 7.79. The van der Waals surface area contributed by atoms with Gasteiger partial charge < -0.3 is 20.4 Å². The molecule has 32 heavy (non-hydrogen) atoms. The molecule has 3 N–H and O–H groups in total. The van der Waals surface area contributed by atoms with Crippen molar-refractivity contribution in [1.82, 2.24) is 14.9 Å². The molecule has 1 amide bonds. The normalized spacial score (nSPS) is 15.2. The first-order valence-electron chi connectivity index (χ1n) is 10.4. The van der Waals surface area contributed by atoms with Crippen LogP contribution >= 0.6 is 0 Å². The van der Waals surface area contributed by atoms with Crippen LogP contribution in [0.5, 0.6) is 0 Å². The Morgan fingerprint density at radius 1 is 1.28 bits per heavy atom. The van der Waals surface area contributed by atoms with Gasteiger partial charge in [-0.2, -0.15) is 0 Å². The zero-order valence-corrected chi connectivity index (χ0v) is 18.5. The molecule has 0 saturated heterocycles. The van der Waals surface area contributed by atoms with Crippen LogP contribution in [0.3, 0.4) is 0 Å². The summed E-state index contributed by atoms with van der Waals surface area (Å²) in [5.74, 6) is -0.913. The van der Waals surface area contributed by atoms with E-state index in [-0.39, 0.29) is 30.4 Å². The van der Waals surface area contributed by atoms with E-state index < -0.39 is 11.4 Å². The third-order valence-electron chi connectivity index (χ3n) is 5.64. The molecule has 0 atom stereocenters. The van der Waals surface area contributed by atoms with Crippen LogP contribution in [0.4, 0.5) is 10.2 Å². The molecule has 0 saturated carbocycles. The van der Waals surface area contributed by atoms with Gasteiger partial charge in [-0.05, 0) is 55.3 Å². The Hall–Kier alpha value is -3.68. The summed E-state index contributed by atoms with van der Waals surface area (Å²) in [5, 5.41) is 0.821. The van der Waals surface area contributed by atoms with Crippen LogP contribution in [0.15, 0.2) is 36.5 Å². The number of rotatable bonds is 3. The maximum absolute atomic E-state index is 13.7. The van der Waals surface area contributed by atoms with Crippen molar-refractivity contribution in [1.29, 1.82) is 0 Å². The van der Waals surface area contributed by atoms with Gasteiger partial charge in [-0.15, -0.1) is 0 Å². The molecule has 2 aromatic heterocycles. The van der Waals surface area contributed by atoms with E-state index in [9.17, 15) is 14.0 Å². The Morgan fingerprint density at radius 2 is 2.03 bits per heavy atom. The lowest BCUT2D eigenvalue weighted by atomic mass is 9.82. The van der Waals surface area contributed by atoms with Gasteiger partial charge in [0.25, 0.3) is 5.91 Å². The van der Waals surface area contributed by atoms with Crippen molar-refractivity contribution in [2.45, 2.75) is 33.1 Å². The van der Waals surface area contributed by atoms with Crippen LogP contribution < -0.4 is 5.73 Å². The molecule has 3 heterocycles. The maximum atomic E-state index is 13.7. The topological polar surface area (TPSA) is 101 Å². The van der Waals surface area contributed by atoms with Crippen molar-refractivity contribution in [3.05, 3.63) is 64.7 Å². The first kappa shape index (κ1) is 21.5. The smallest absolute Gasteiger partial charge is 0.341 e. The van der Waals surface area contributed by atoms with Crippen molar-refractivity contribution < 1.29 is 18.7 Å². The molecule has 3 aromatic rings. The van der Waals surface area contributed by atoms with Crippen molar-refractivity contribution in [2.24, 2.45) is 0 Å². The van der Waals surface area contributed by atoms with Gasteiger partial charge in [-0.3, -0.25) is 4.79 Å². The molecular formula is C24H25FN4O3. The number of aromatic amines is 1. The monoisotopic (exact) mass is 436 g/mol. The highest BCUT2D eigenvalue weighted by Gasteiger charge is 2.37. The second-order valence-electron chi connectivity index (χ2n) is 8.55. The largest absolute Gasteiger partial charge is 0.462 e. The molecular weight excluding hydrogens is 411 g/mol. The maximum Gasteiger partial charge on any atom is 0.341 e. The average molecular weight is 436 g/mol. The van der Waals surface area contributed by atoms with E-state index in [0.717, 1.165) is 10.9 Å². The van der Waals surface area contributed by atoms with Gasteiger partial charge in [0.2, 0.25) is 0 Å². The highest BCUT2D eigenvalue weighted by Crippen LogP contribution is 2.40. The summed E-state index contributed by atoms with van der Waals surface area (Å²) in [6.45, 7) is 7.79. The van der Waals surface area contributed by atoms with Gasteiger partial charge in [-0.1, -0.05) is 13.8 Å². The first-order chi connectivity index (χ1) is 15.1. The molecule has 0 spiro atoms. The third-order valence-corrected chi connectivity index (χ3v) is 5.64. The number of fused-ring (bicyclic) bond motifs is 3. The Labute approximate surface area is 185 Å². The average Bonchev–Trinajstić information content (AvgIpc) is 3.06. The fraction of sp³-hybridized carbons (Fsp3) is 0.292. The number of H-pyrrole nitrogens is 1. The Morgan fingerprint density at radius 3 is 2.72 bits per heavy atom. The highest BCUT2D eigenvalue weighted by atomic mass is 19.1. The molecule has 0 aliphatic carbocycles. The molecule has 1 aromatic carbocycles. The van der Waals surface area contributed by atoms with Crippen LogP contribution in [0.2, 0.25) is 0 Å². The number of anilines is 1. The predicted molar refractivity (Wildman–Crippen MR) is 120 cm³/mol. The molecule has 0 unspecified atom stereocenters. The lowest BCUT2D eigenvalue weighted by Gasteiger charge is -2.29. The Balaban J connectivity index is 1.90. The van der Waals surface area contributed by atoms with Crippen LogP contribution in [-0.4, -0.2) is 39.9 Å². The van der Waals surface area contributed by atoms with Gasteiger partial charge in [-0.25, -0.2) is 14.2 Å². The zero-order valence-electron chi connectivity index (χ0n) is 18.5. The first-order valence-corrected chi connectivity index (χ1v) is 10.4. The molecule has 1 aliphatic rings. The summed E-state index contributed by atoms with van der Waals surface area (Å²) < 4.78 is 19.0. The summed E-state index contributed by atoms with van der Waals surface area (Å²) in [5.41, 5.74) is 8.19. The second-order valence-corrected chi connectivity index (χ2v) is 8.55. The molecule has 8 heteroatoms. The molecule has 4 rings (SSSR count). The summed E-state index contributed by atoms with van der Waals surface area (Å²) in [6.07, 6.45) is 1.51. The van der Waals surface area contributed by atoms with Crippen molar-refractivity contribution in [3.63, 3.8) is 0 Å². The standard InChI is InChI=1S/C24H25FN4O3/c1-5-32-23(31)16-11-29(22(30)14-6-8-17(25)13(2)10-14)12-24(3,4)19-15-7-9-18(26)27-21(15)28-20(16)19/h6-11H,5,12H2,1-4H3,(H3,26,27,28). The summed E-state index contributed by atoms with van der Waals surface area (Å²) in [7, 11) is 0. The van der Waals surface area contributed by atoms with E-state index in [1.165, 1.54) is 29.3 Å². The van der Waals surface area contributed by atoms with E-state index >= 15 is 0 Å². The Bertz CT molecular complexity index is 1280. The molecule has 166 valence electrons. The number of carbonyl (C=O) groups is 2. The number of carbonyl (C=O) groups excluding carboxylic acids is 2. The molecule has 1 aliphatic heterocycles. The van der Waals surface area contributed by atoms with Crippen LogP contribution in [0.25, 0.3) is 16.6 Å². The molecule has 0 radical (unpaired) electrons. The van der Waals surface area contributed by atoms with Crippen molar-refractivity contribution in [2.75, 3.05) is 18.9 Å². The second kappa shape index (κ2) is 7.78. The van der Waals surface area contributed by atoms with Crippen molar-refractivity contribution >= 4 is 34.3 Å². The van der Waals surface area contributed by atoms with E-state index in [0.29, 0.717) is 28.3 Å². The van der Waals surface area contributed by atoms with E-state index in [1.54, 1.807) is 19.9 Å². The minimum atomic E-state index is -0.556. The number of nitrogen functional groups attached to an aromatic ring is 1. The van der Waals surface area contributed by atoms with Crippen molar-refractivity contribution in [3.8, 4) is 0 Å².